The maximum Gasteiger partial charge on any atom is 0.184 e. The van der Waals surface area contributed by atoms with Crippen LogP contribution in [0.2, 0.25) is 0 Å². The Morgan fingerprint density at radius 2 is 1.60 bits per heavy atom. The number of sulfone groups is 1. The number of anilines is 1. The Kier molecular flexibility index (Phi) is 4.14. The van der Waals surface area contributed by atoms with Crippen LogP contribution in [0.3, 0.4) is 0 Å². The predicted molar refractivity (Wildman–Crippen MR) is 82.3 cm³/mol. The fraction of sp³-hybridized carbons (Fsp3) is 0.250. The molecule has 0 radical (unpaired) electrons. The second kappa shape index (κ2) is 5.67. The second-order valence-corrected chi connectivity index (χ2v) is 6.93. The van der Waals surface area contributed by atoms with E-state index in [2.05, 4.69) is 6.92 Å². The van der Waals surface area contributed by atoms with Gasteiger partial charge in [-0.15, -0.1) is 0 Å². The normalized spacial score (nSPS) is 11.5. The fourth-order valence-electron chi connectivity index (χ4n) is 2.12. The van der Waals surface area contributed by atoms with Gasteiger partial charge in [0.15, 0.2) is 9.84 Å². The van der Waals surface area contributed by atoms with Gasteiger partial charge in [-0.3, -0.25) is 0 Å². The predicted octanol–water partition coefficient (Wildman–Crippen LogP) is 3.11. The van der Waals surface area contributed by atoms with E-state index in [-0.39, 0.29) is 10.6 Å². The highest BCUT2D eigenvalue weighted by Crippen LogP contribution is 2.23. The largest absolute Gasteiger partial charge is 0.398 e. The first-order valence-electron chi connectivity index (χ1n) is 6.59. The minimum Gasteiger partial charge on any atom is -0.398 e. The van der Waals surface area contributed by atoms with Gasteiger partial charge >= 0.3 is 0 Å². The zero-order valence-electron chi connectivity index (χ0n) is 11.8. The summed E-state index contributed by atoms with van der Waals surface area (Å²) in [6.07, 6.45) is 0.942. The Hall–Kier alpha value is -1.81. The molecule has 3 nitrogen and oxygen atoms in total. The van der Waals surface area contributed by atoms with Crippen LogP contribution in [0, 0.1) is 6.92 Å². The first kappa shape index (κ1) is 14.6. The maximum atomic E-state index is 12.4. The van der Waals surface area contributed by atoms with Gasteiger partial charge in [-0.25, -0.2) is 8.42 Å². The van der Waals surface area contributed by atoms with Crippen molar-refractivity contribution in [1.82, 2.24) is 0 Å². The molecule has 0 aliphatic rings. The molecule has 0 saturated heterocycles. The van der Waals surface area contributed by atoms with Crippen molar-refractivity contribution in [3.63, 3.8) is 0 Å². The second-order valence-electron chi connectivity index (χ2n) is 4.97. The quantitative estimate of drug-likeness (QED) is 0.880. The first-order valence-corrected chi connectivity index (χ1v) is 8.24. The van der Waals surface area contributed by atoms with E-state index in [1.165, 1.54) is 5.56 Å². The maximum absolute atomic E-state index is 12.4. The SMILES string of the molecule is CCc1ccc(CS(=O)(=O)c2ccc(C)cc2N)cc1. The van der Waals surface area contributed by atoms with Gasteiger partial charge in [0.1, 0.15) is 0 Å². The molecule has 20 heavy (non-hydrogen) atoms. The van der Waals surface area contributed by atoms with E-state index in [1.54, 1.807) is 18.2 Å². The number of rotatable bonds is 4. The summed E-state index contributed by atoms with van der Waals surface area (Å²) in [5.41, 5.74) is 9.07. The monoisotopic (exact) mass is 289 g/mol. The number of hydrogen-bond donors (Lipinski definition) is 1. The highest BCUT2D eigenvalue weighted by atomic mass is 32.2. The Balaban J connectivity index is 2.30. The molecule has 4 heteroatoms. The van der Waals surface area contributed by atoms with E-state index < -0.39 is 9.84 Å². The molecular formula is C16H19NO2S. The molecule has 2 aromatic rings. The van der Waals surface area contributed by atoms with Crippen molar-refractivity contribution in [3.8, 4) is 0 Å². The summed E-state index contributed by atoms with van der Waals surface area (Å²) in [7, 11) is -3.41. The molecule has 0 aliphatic carbocycles. The van der Waals surface area contributed by atoms with Gasteiger partial charge < -0.3 is 5.73 Å². The summed E-state index contributed by atoms with van der Waals surface area (Å²) in [6.45, 7) is 3.95. The van der Waals surface area contributed by atoms with Crippen LogP contribution in [0.5, 0.6) is 0 Å². The zero-order valence-corrected chi connectivity index (χ0v) is 12.6. The summed E-state index contributed by atoms with van der Waals surface area (Å²) < 4.78 is 24.8. The van der Waals surface area contributed by atoms with E-state index in [1.807, 2.05) is 31.2 Å². The molecule has 0 spiro atoms. The minimum atomic E-state index is -3.41. The Morgan fingerprint density at radius 1 is 1.00 bits per heavy atom. The van der Waals surface area contributed by atoms with Crippen LogP contribution < -0.4 is 5.73 Å². The molecule has 2 aromatic carbocycles. The number of nitrogens with two attached hydrogens (primary N) is 1. The molecule has 0 heterocycles. The lowest BCUT2D eigenvalue weighted by atomic mass is 10.1. The van der Waals surface area contributed by atoms with Crippen molar-refractivity contribution in [2.24, 2.45) is 0 Å². The Morgan fingerprint density at radius 3 is 2.15 bits per heavy atom. The summed E-state index contributed by atoms with van der Waals surface area (Å²) in [6, 6.07) is 12.7. The van der Waals surface area contributed by atoms with Crippen molar-refractivity contribution < 1.29 is 8.42 Å². The van der Waals surface area contributed by atoms with Crippen molar-refractivity contribution >= 4 is 15.5 Å². The lowest BCUT2D eigenvalue weighted by Crippen LogP contribution is -2.08. The molecule has 0 bridgehead atoms. The lowest BCUT2D eigenvalue weighted by molar-refractivity contribution is 0.595. The van der Waals surface area contributed by atoms with E-state index in [9.17, 15) is 8.42 Å². The van der Waals surface area contributed by atoms with E-state index in [4.69, 9.17) is 5.73 Å². The summed E-state index contributed by atoms with van der Waals surface area (Å²) in [5, 5.41) is 0. The summed E-state index contributed by atoms with van der Waals surface area (Å²) >= 11 is 0. The topological polar surface area (TPSA) is 60.2 Å². The third-order valence-corrected chi connectivity index (χ3v) is 5.04. The molecule has 0 saturated carbocycles. The number of hydrogen-bond acceptors (Lipinski definition) is 3. The standard InChI is InChI=1S/C16H19NO2S/c1-3-13-5-7-14(8-6-13)11-20(18,19)16-9-4-12(2)10-15(16)17/h4-10H,3,11,17H2,1-2H3. The molecule has 0 aromatic heterocycles. The van der Waals surface area contributed by atoms with Crippen LogP contribution in [-0.2, 0) is 22.0 Å². The van der Waals surface area contributed by atoms with Crippen molar-refractivity contribution in [1.29, 1.82) is 0 Å². The van der Waals surface area contributed by atoms with Crippen LogP contribution in [0.1, 0.15) is 23.6 Å². The smallest absolute Gasteiger partial charge is 0.184 e. The van der Waals surface area contributed by atoms with Gasteiger partial charge in [-0.05, 0) is 42.2 Å². The fourth-order valence-corrected chi connectivity index (χ4v) is 3.60. The van der Waals surface area contributed by atoms with Crippen LogP contribution >= 0.6 is 0 Å². The summed E-state index contributed by atoms with van der Waals surface area (Å²) in [4.78, 5) is 0.211. The van der Waals surface area contributed by atoms with Crippen molar-refractivity contribution in [2.45, 2.75) is 30.9 Å². The molecule has 0 amide bonds. The molecule has 0 fully saturated rings. The van der Waals surface area contributed by atoms with Crippen LogP contribution in [0.15, 0.2) is 47.4 Å². The molecule has 0 unspecified atom stereocenters. The van der Waals surface area contributed by atoms with Crippen LogP contribution in [0.4, 0.5) is 5.69 Å². The van der Waals surface area contributed by atoms with E-state index in [0.29, 0.717) is 5.69 Å². The van der Waals surface area contributed by atoms with Gasteiger partial charge in [0, 0.05) is 0 Å². The Labute approximate surface area is 120 Å². The molecule has 0 atom stereocenters. The highest BCUT2D eigenvalue weighted by molar-refractivity contribution is 7.90. The van der Waals surface area contributed by atoms with Crippen molar-refractivity contribution in [2.75, 3.05) is 5.73 Å². The van der Waals surface area contributed by atoms with Crippen LogP contribution in [-0.4, -0.2) is 8.42 Å². The molecule has 2 rings (SSSR count). The molecular weight excluding hydrogens is 270 g/mol. The number of benzene rings is 2. The van der Waals surface area contributed by atoms with Gasteiger partial charge in [-0.2, -0.15) is 0 Å². The molecule has 106 valence electrons. The Bertz CT molecular complexity index is 704. The molecule has 0 aliphatic heterocycles. The van der Waals surface area contributed by atoms with E-state index >= 15 is 0 Å². The third kappa shape index (κ3) is 3.20. The third-order valence-electron chi connectivity index (χ3n) is 3.29. The van der Waals surface area contributed by atoms with E-state index in [0.717, 1.165) is 17.5 Å². The van der Waals surface area contributed by atoms with Crippen LogP contribution in [0.25, 0.3) is 0 Å². The first-order chi connectivity index (χ1) is 9.42. The van der Waals surface area contributed by atoms with Gasteiger partial charge in [0.25, 0.3) is 0 Å². The number of nitrogen functional groups attached to an aromatic ring is 1. The molecule has 2 N–H and O–H groups in total. The zero-order chi connectivity index (χ0) is 14.8. The number of aryl methyl sites for hydroxylation is 2. The average Bonchev–Trinajstić information content (AvgIpc) is 2.38. The minimum absolute atomic E-state index is 0.0236. The summed E-state index contributed by atoms with van der Waals surface area (Å²) in [5.74, 6) is -0.0236. The van der Waals surface area contributed by atoms with Gasteiger partial charge in [0.2, 0.25) is 0 Å². The van der Waals surface area contributed by atoms with Gasteiger partial charge in [-0.1, -0.05) is 37.3 Å². The van der Waals surface area contributed by atoms with Gasteiger partial charge in [0.05, 0.1) is 16.3 Å². The van der Waals surface area contributed by atoms with Crippen molar-refractivity contribution in [3.05, 3.63) is 59.2 Å². The lowest BCUT2D eigenvalue weighted by Gasteiger charge is -2.09. The average molecular weight is 289 g/mol. The highest BCUT2D eigenvalue weighted by Gasteiger charge is 2.18.